The Hall–Kier alpha value is -1.26. The predicted octanol–water partition coefficient (Wildman–Crippen LogP) is 5.19. The second-order valence-corrected chi connectivity index (χ2v) is 7.36. The Balaban J connectivity index is 1.58. The molecule has 1 heterocycles. The highest BCUT2D eigenvalue weighted by Crippen LogP contribution is 2.23. The summed E-state index contributed by atoms with van der Waals surface area (Å²) in [7, 11) is 0. The van der Waals surface area contributed by atoms with Crippen molar-refractivity contribution in [2.24, 2.45) is 5.10 Å². The van der Waals surface area contributed by atoms with Crippen molar-refractivity contribution in [3.8, 4) is 0 Å². The van der Waals surface area contributed by atoms with Crippen LogP contribution in [0.25, 0.3) is 0 Å². The quantitative estimate of drug-likeness (QED) is 0.662. The van der Waals surface area contributed by atoms with Crippen LogP contribution in [0.15, 0.2) is 47.6 Å². The van der Waals surface area contributed by atoms with Gasteiger partial charge in [-0.1, -0.05) is 59.1 Å². The molecule has 25 heavy (non-hydrogen) atoms. The number of nitrogens with zero attached hydrogens (tertiary/aromatic N) is 3. The Kier molecular flexibility index (Phi) is 6.24. The zero-order valence-electron chi connectivity index (χ0n) is 14.1. The van der Waals surface area contributed by atoms with Crippen LogP contribution in [-0.4, -0.2) is 41.8 Å². The second-order valence-electron chi connectivity index (χ2n) is 6.14. The molecular formula is C19H20Cl3N3. The minimum absolute atomic E-state index is 0.554. The van der Waals surface area contributed by atoms with Crippen LogP contribution in [0.1, 0.15) is 18.1 Å². The molecule has 0 aromatic heterocycles. The fourth-order valence-corrected chi connectivity index (χ4v) is 3.35. The van der Waals surface area contributed by atoms with E-state index in [1.807, 2.05) is 37.3 Å². The lowest BCUT2D eigenvalue weighted by atomic mass is 10.1. The molecule has 1 aliphatic heterocycles. The van der Waals surface area contributed by atoms with Crippen molar-refractivity contribution in [1.29, 1.82) is 0 Å². The van der Waals surface area contributed by atoms with Crippen LogP contribution in [0.4, 0.5) is 0 Å². The first kappa shape index (κ1) is 18.5. The van der Waals surface area contributed by atoms with E-state index in [4.69, 9.17) is 39.9 Å². The zero-order valence-corrected chi connectivity index (χ0v) is 16.3. The van der Waals surface area contributed by atoms with Gasteiger partial charge in [-0.05, 0) is 36.2 Å². The average Bonchev–Trinajstić information content (AvgIpc) is 2.61. The third kappa shape index (κ3) is 4.89. The molecule has 3 rings (SSSR count). The summed E-state index contributed by atoms with van der Waals surface area (Å²) in [5, 5.41) is 8.79. The monoisotopic (exact) mass is 395 g/mol. The number of benzene rings is 2. The Morgan fingerprint density at radius 2 is 1.64 bits per heavy atom. The molecule has 0 saturated carbocycles. The van der Waals surface area contributed by atoms with Gasteiger partial charge >= 0.3 is 0 Å². The van der Waals surface area contributed by atoms with Crippen LogP contribution in [0, 0.1) is 0 Å². The highest BCUT2D eigenvalue weighted by molar-refractivity contribution is 6.42. The first-order chi connectivity index (χ1) is 12.0. The fraction of sp³-hybridized carbons (Fsp3) is 0.316. The van der Waals surface area contributed by atoms with E-state index < -0.39 is 0 Å². The van der Waals surface area contributed by atoms with Gasteiger partial charge in [-0.3, -0.25) is 9.91 Å². The smallest absolute Gasteiger partial charge is 0.0647 e. The Morgan fingerprint density at radius 3 is 2.32 bits per heavy atom. The van der Waals surface area contributed by atoms with Crippen LogP contribution < -0.4 is 0 Å². The van der Waals surface area contributed by atoms with Gasteiger partial charge < -0.3 is 0 Å². The van der Waals surface area contributed by atoms with Gasteiger partial charge in [0.15, 0.2) is 0 Å². The minimum atomic E-state index is 0.554. The number of halogens is 3. The molecule has 0 bridgehead atoms. The van der Waals surface area contributed by atoms with Crippen molar-refractivity contribution in [2.45, 2.75) is 13.5 Å². The van der Waals surface area contributed by atoms with Gasteiger partial charge in [-0.2, -0.15) is 5.10 Å². The van der Waals surface area contributed by atoms with Gasteiger partial charge in [0.05, 0.1) is 15.8 Å². The molecule has 2 aromatic rings. The lowest BCUT2D eigenvalue weighted by molar-refractivity contribution is 0.130. The van der Waals surface area contributed by atoms with E-state index in [2.05, 4.69) is 16.0 Å². The standard InChI is InChI=1S/C19H20Cl3N3/c1-14(15-6-7-18(21)19(22)12-15)23-25-10-8-24(9-11-25)13-16-4-2-3-5-17(16)20/h2-7,12H,8-11,13H2,1H3/b23-14+. The second kappa shape index (κ2) is 8.41. The lowest BCUT2D eigenvalue weighted by Gasteiger charge is -2.33. The third-order valence-electron chi connectivity index (χ3n) is 4.33. The van der Waals surface area contributed by atoms with Crippen molar-refractivity contribution in [2.75, 3.05) is 26.2 Å². The van der Waals surface area contributed by atoms with Crippen LogP contribution in [0.2, 0.25) is 15.1 Å². The van der Waals surface area contributed by atoms with Gasteiger partial charge in [0.2, 0.25) is 0 Å². The summed E-state index contributed by atoms with van der Waals surface area (Å²) in [4.78, 5) is 2.40. The van der Waals surface area contributed by atoms with Gasteiger partial charge in [-0.15, -0.1) is 0 Å². The summed E-state index contributed by atoms with van der Waals surface area (Å²) in [6.45, 7) is 6.58. The maximum atomic E-state index is 6.25. The van der Waals surface area contributed by atoms with E-state index >= 15 is 0 Å². The lowest BCUT2D eigenvalue weighted by Crippen LogP contribution is -2.43. The fourth-order valence-electron chi connectivity index (χ4n) is 2.85. The van der Waals surface area contributed by atoms with E-state index in [1.54, 1.807) is 6.07 Å². The van der Waals surface area contributed by atoms with E-state index in [0.717, 1.165) is 49.0 Å². The molecule has 0 N–H and O–H groups in total. The normalized spacial score (nSPS) is 16.3. The minimum Gasteiger partial charge on any atom is -0.295 e. The summed E-state index contributed by atoms with van der Waals surface area (Å²) >= 11 is 18.3. The molecule has 6 heteroatoms. The van der Waals surface area contributed by atoms with E-state index in [9.17, 15) is 0 Å². The molecule has 0 aliphatic carbocycles. The van der Waals surface area contributed by atoms with E-state index in [1.165, 1.54) is 5.56 Å². The van der Waals surface area contributed by atoms with Gasteiger partial charge in [0.1, 0.15) is 0 Å². The van der Waals surface area contributed by atoms with Crippen molar-refractivity contribution in [1.82, 2.24) is 9.91 Å². The summed E-state index contributed by atoms with van der Waals surface area (Å²) in [5.41, 5.74) is 3.11. The van der Waals surface area contributed by atoms with E-state index in [0.29, 0.717) is 10.0 Å². The predicted molar refractivity (Wildman–Crippen MR) is 107 cm³/mol. The van der Waals surface area contributed by atoms with Crippen molar-refractivity contribution in [3.05, 3.63) is 68.7 Å². The average molecular weight is 397 g/mol. The molecule has 2 aromatic carbocycles. The number of piperazine rings is 1. The van der Waals surface area contributed by atoms with Crippen LogP contribution in [0.3, 0.4) is 0 Å². The largest absolute Gasteiger partial charge is 0.295 e. The summed E-state index contributed by atoms with van der Waals surface area (Å²) in [6, 6.07) is 13.6. The number of hydrogen-bond acceptors (Lipinski definition) is 3. The van der Waals surface area contributed by atoms with E-state index in [-0.39, 0.29) is 0 Å². The number of hydrazone groups is 1. The maximum absolute atomic E-state index is 6.25. The van der Waals surface area contributed by atoms with Gasteiger partial charge in [0, 0.05) is 37.7 Å². The van der Waals surface area contributed by atoms with Crippen LogP contribution >= 0.6 is 34.8 Å². The topological polar surface area (TPSA) is 18.8 Å². The molecule has 3 nitrogen and oxygen atoms in total. The highest BCUT2D eigenvalue weighted by atomic mass is 35.5. The van der Waals surface area contributed by atoms with Crippen molar-refractivity contribution in [3.63, 3.8) is 0 Å². The first-order valence-electron chi connectivity index (χ1n) is 8.24. The molecule has 1 aliphatic rings. The molecule has 0 spiro atoms. The Labute approximate surface area is 163 Å². The summed E-state index contributed by atoms with van der Waals surface area (Å²) in [6.07, 6.45) is 0. The van der Waals surface area contributed by atoms with Crippen molar-refractivity contribution >= 4 is 40.5 Å². The summed E-state index contributed by atoms with van der Waals surface area (Å²) < 4.78 is 0. The van der Waals surface area contributed by atoms with Gasteiger partial charge in [-0.25, -0.2) is 0 Å². The summed E-state index contributed by atoms with van der Waals surface area (Å²) in [5.74, 6) is 0. The molecule has 0 amide bonds. The molecular weight excluding hydrogens is 377 g/mol. The Bertz CT molecular complexity index is 768. The maximum Gasteiger partial charge on any atom is 0.0647 e. The molecule has 0 radical (unpaired) electrons. The number of rotatable bonds is 4. The van der Waals surface area contributed by atoms with Gasteiger partial charge in [0.25, 0.3) is 0 Å². The van der Waals surface area contributed by atoms with Crippen molar-refractivity contribution < 1.29 is 0 Å². The SMILES string of the molecule is C/C(=N\N1CCN(Cc2ccccc2Cl)CC1)c1ccc(Cl)c(Cl)c1. The number of hydrogen-bond donors (Lipinski definition) is 0. The highest BCUT2D eigenvalue weighted by Gasteiger charge is 2.17. The van der Waals surface area contributed by atoms with Crippen LogP contribution in [-0.2, 0) is 6.54 Å². The molecule has 1 saturated heterocycles. The third-order valence-corrected chi connectivity index (χ3v) is 5.44. The molecule has 0 unspecified atom stereocenters. The Morgan fingerprint density at radius 1 is 0.920 bits per heavy atom. The first-order valence-corrected chi connectivity index (χ1v) is 9.37. The molecule has 132 valence electrons. The molecule has 1 fully saturated rings. The van der Waals surface area contributed by atoms with Crippen LogP contribution in [0.5, 0.6) is 0 Å². The zero-order chi connectivity index (χ0) is 17.8. The molecule has 0 atom stereocenters.